The average molecular weight is 628 g/mol. The molecule has 0 fully saturated rings. The molecular formula is C24H18O4S6Zn. The predicted octanol–water partition coefficient (Wildman–Crippen LogP) is 6.73. The van der Waals surface area contributed by atoms with Crippen molar-refractivity contribution >= 4 is 70.9 Å². The molecule has 0 bridgehead atoms. The minimum Gasteiger partial charge on any atom is -0.768 e. The molecule has 0 heterocycles. The zero-order valence-electron chi connectivity index (χ0n) is 18.1. The van der Waals surface area contributed by atoms with Gasteiger partial charge in [0.2, 0.25) is 0 Å². The summed E-state index contributed by atoms with van der Waals surface area (Å²) in [5.41, 5.74) is 0. The van der Waals surface area contributed by atoms with E-state index in [2.05, 4.69) is 25.3 Å². The first-order chi connectivity index (χ1) is 16.3. The van der Waals surface area contributed by atoms with Gasteiger partial charge in [0, 0.05) is 39.2 Å². The van der Waals surface area contributed by atoms with E-state index in [1.54, 1.807) is 36.4 Å². The van der Waals surface area contributed by atoms with Crippen LogP contribution in [0.5, 0.6) is 0 Å². The molecule has 35 heavy (non-hydrogen) atoms. The molecule has 0 aliphatic carbocycles. The van der Waals surface area contributed by atoms with E-state index in [1.807, 2.05) is 60.7 Å². The Balaban J connectivity index is 0.000000240. The van der Waals surface area contributed by atoms with Gasteiger partial charge in [-0.25, -0.2) is 0 Å². The van der Waals surface area contributed by atoms with E-state index in [-0.39, 0.29) is 29.3 Å². The predicted molar refractivity (Wildman–Crippen MR) is 143 cm³/mol. The average Bonchev–Trinajstić information content (AvgIpc) is 2.83. The first-order valence-electron chi connectivity index (χ1n) is 9.64. The van der Waals surface area contributed by atoms with Gasteiger partial charge in [0.05, 0.1) is 0 Å². The van der Waals surface area contributed by atoms with Crippen molar-refractivity contribution in [1.82, 2.24) is 0 Å². The van der Waals surface area contributed by atoms with Crippen molar-refractivity contribution in [2.45, 2.75) is 39.2 Å². The first-order valence-corrected chi connectivity index (χ1v) is 14.3. The van der Waals surface area contributed by atoms with Crippen molar-refractivity contribution in [3.63, 3.8) is 0 Å². The van der Waals surface area contributed by atoms with Crippen LogP contribution in [0.25, 0.3) is 0 Å². The van der Waals surface area contributed by atoms with Crippen LogP contribution in [0.1, 0.15) is 0 Å². The van der Waals surface area contributed by atoms with Gasteiger partial charge < -0.3 is 9.11 Å². The van der Waals surface area contributed by atoms with E-state index in [9.17, 15) is 17.5 Å². The molecular weight excluding hydrogens is 610 g/mol. The van der Waals surface area contributed by atoms with Crippen molar-refractivity contribution in [2.75, 3.05) is 0 Å². The van der Waals surface area contributed by atoms with E-state index in [0.29, 0.717) is 0 Å². The second-order valence-electron chi connectivity index (χ2n) is 6.56. The van der Waals surface area contributed by atoms with Crippen LogP contribution in [0.2, 0.25) is 0 Å². The summed E-state index contributed by atoms with van der Waals surface area (Å²) in [7, 11) is 0. The van der Waals surface area contributed by atoms with Gasteiger partial charge >= 0.3 is 19.5 Å². The number of benzene rings is 4. The fourth-order valence-electron chi connectivity index (χ4n) is 2.59. The van der Waals surface area contributed by atoms with Crippen LogP contribution in [0.3, 0.4) is 0 Å². The summed E-state index contributed by atoms with van der Waals surface area (Å²) in [6.07, 6.45) is 0. The molecule has 0 aliphatic rings. The minimum absolute atomic E-state index is 0. The van der Waals surface area contributed by atoms with Crippen molar-refractivity contribution in [1.29, 1.82) is 0 Å². The summed E-state index contributed by atoms with van der Waals surface area (Å²) in [4.78, 5) is 5.87. The smallest absolute Gasteiger partial charge is 0.768 e. The Kier molecular flexibility index (Phi) is 13.3. The van der Waals surface area contributed by atoms with Crippen LogP contribution >= 0.6 is 48.8 Å². The van der Waals surface area contributed by atoms with Crippen molar-refractivity contribution < 1.29 is 37.0 Å². The van der Waals surface area contributed by atoms with Crippen LogP contribution in [-0.4, -0.2) is 17.5 Å². The summed E-state index contributed by atoms with van der Waals surface area (Å²) < 4.78 is 43.5. The molecule has 0 aromatic heterocycles. The van der Waals surface area contributed by atoms with E-state index < -0.39 is 22.2 Å². The Morgan fingerprint density at radius 3 is 1.23 bits per heavy atom. The van der Waals surface area contributed by atoms with E-state index in [0.717, 1.165) is 29.4 Å². The Labute approximate surface area is 242 Å². The van der Waals surface area contributed by atoms with Crippen molar-refractivity contribution in [2.24, 2.45) is 0 Å². The van der Waals surface area contributed by atoms with Crippen LogP contribution in [0.4, 0.5) is 0 Å². The molecule has 0 radical (unpaired) electrons. The standard InChI is InChI=1S/2C12H10O2S3.Zn/c2*13-17(14)10-6-7-11(15)12(8-10)16-9-4-2-1-3-5-9;/h2*1-8,15H,(H,13,14);/q;;+2/p-2. The Bertz CT molecular complexity index is 1190. The first kappa shape index (κ1) is 30.3. The zero-order chi connectivity index (χ0) is 24.5. The molecule has 4 nitrogen and oxygen atoms in total. The number of hydrogen-bond acceptors (Lipinski definition) is 8. The van der Waals surface area contributed by atoms with Gasteiger partial charge in [-0.05, 0) is 82.8 Å². The molecule has 2 unspecified atom stereocenters. The maximum Gasteiger partial charge on any atom is 2.00 e. The van der Waals surface area contributed by atoms with E-state index >= 15 is 0 Å². The number of thiol groups is 2. The topological polar surface area (TPSA) is 80.3 Å². The van der Waals surface area contributed by atoms with Crippen molar-refractivity contribution in [3.05, 3.63) is 97.1 Å². The SMILES string of the molecule is O=S([O-])c1ccc(S)c(Sc2ccccc2)c1.O=S([O-])c1ccc(S)c(Sc2ccccc2)c1.[Zn+2]. The molecule has 0 amide bonds. The third-order valence-electron chi connectivity index (χ3n) is 4.19. The molecule has 2 atom stereocenters. The van der Waals surface area contributed by atoms with Crippen LogP contribution in [0.15, 0.2) is 136 Å². The quantitative estimate of drug-likeness (QED) is 0.140. The number of rotatable bonds is 6. The Morgan fingerprint density at radius 1 is 0.571 bits per heavy atom. The molecule has 11 heteroatoms. The second-order valence-corrected chi connectivity index (χ2v) is 11.6. The van der Waals surface area contributed by atoms with Gasteiger partial charge in [-0.15, -0.1) is 25.3 Å². The molecule has 0 spiro atoms. The van der Waals surface area contributed by atoms with Crippen LogP contribution in [-0.2, 0) is 41.6 Å². The Hall–Kier alpha value is -0.877. The summed E-state index contributed by atoms with van der Waals surface area (Å²) in [5.74, 6) is 0. The van der Waals surface area contributed by atoms with Gasteiger partial charge in [-0.3, -0.25) is 8.42 Å². The molecule has 0 aliphatic heterocycles. The maximum absolute atomic E-state index is 10.9. The normalized spacial score (nSPS) is 12.0. The second kappa shape index (κ2) is 15.4. The third-order valence-corrected chi connectivity index (χ3v) is 8.68. The maximum atomic E-state index is 10.9. The Morgan fingerprint density at radius 2 is 0.914 bits per heavy atom. The monoisotopic (exact) mass is 626 g/mol. The third kappa shape index (κ3) is 9.83. The zero-order valence-corrected chi connectivity index (χ0v) is 26.1. The molecule has 0 saturated carbocycles. The van der Waals surface area contributed by atoms with Crippen LogP contribution < -0.4 is 0 Å². The van der Waals surface area contributed by atoms with Gasteiger partial charge in [0.15, 0.2) is 0 Å². The number of hydrogen-bond donors (Lipinski definition) is 2. The van der Waals surface area contributed by atoms with E-state index in [1.165, 1.54) is 23.5 Å². The fraction of sp³-hybridized carbons (Fsp3) is 0. The molecule has 0 saturated heterocycles. The van der Waals surface area contributed by atoms with Gasteiger partial charge in [0.25, 0.3) is 0 Å². The van der Waals surface area contributed by atoms with Gasteiger partial charge in [-0.1, -0.05) is 59.9 Å². The van der Waals surface area contributed by atoms with Crippen molar-refractivity contribution in [3.8, 4) is 0 Å². The van der Waals surface area contributed by atoms with E-state index in [4.69, 9.17) is 0 Å². The largest absolute Gasteiger partial charge is 2.00 e. The summed E-state index contributed by atoms with van der Waals surface area (Å²) in [5, 5.41) is 0. The molecule has 4 rings (SSSR count). The van der Waals surface area contributed by atoms with Crippen LogP contribution in [0, 0.1) is 0 Å². The summed E-state index contributed by atoms with van der Waals surface area (Å²) >= 11 is 7.23. The minimum atomic E-state index is -2.20. The van der Waals surface area contributed by atoms with Gasteiger partial charge in [-0.2, -0.15) is 0 Å². The summed E-state index contributed by atoms with van der Waals surface area (Å²) in [6, 6.07) is 29.3. The fourth-order valence-corrected chi connectivity index (χ4v) is 5.89. The molecule has 0 N–H and O–H groups in total. The summed E-state index contributed by atoms with van der Waals surface area (Å²) in [6.45, 7) is 0. The molecule has 176 valence electrons. The van der Waals surface area contributed by atoms with Gasteiger partial charge in [0.1, 0.15) is 0 Å². The molecule has 4 aromatic carbocycles. The molecule has 4 aromatic rings.